The Morgan fingerprint density at radius 1 is 0.793 bits per heavy atom. The van der Waals surface area contributed by atoms with E-state index in [4.69, 9.17) is 14.4 Å². The maximum absolute atomic E-state index is 11.4. The molecular formula is C21H42NaO6S. The predicted molar refractivity (Wildman–Crippen MR) is 119 cm³/mol. The fraction of sp³-hybridized carbons (Fsp3) is 0.905. The average molecular weight is 446 g/mol. The summed E-state index contributed by atoms with van der Waals surface area (Å²) in [5, 5.41) is 17.6. The van der Waals surface area contributed by atoms with E-state index in [1.54, 1.807) is 0 Å². The summed E-state index contributed by atoms with van der Waals surface area (Å²) in [7, 11) is -4.09. The minimum Gasteiger partial charge on any atom is -0.394 e. The molecule has 29 heavy (non-hydrogen) atoms. The number of aliphatic hydroxyl groups is 2. The Labute approximate surface area is 201 Å². The summed E-state index contributed by atoms with van der Waals surface area (Å²) < 4.78 is 31.9. The summed E-state index contributed by atoms with van der Waals surface area (Å²) in [6.07, 6.45) is 20.0. The van der Waals surface area contributed by atoms with E-state index in [1.165, 1.54) is 57.8 Å². The number of unbranched alkanes of at least 4 members (excludes halogenated alkanes) is 12. The maximum Gasteiger partial charge on any atom is 0.399 e. The van der Waals surface area contributed by atoms with Crippen molar-refractivity contribution in [2.75, 3.05) is 19.8 Å². The van der Waals surface area contributed by atoms with Crippen LogP contribution in [0.15, 0.2) is 12.2 Å². The molecule has 0 fully saturated rings. The van der Waals surface area contributed by atoms with Gasteiger partial charge in [-0.2, -0.15) is 8.42 Å². The van der Waals surface area contributed by atoms with Crippen molar-refractivity contribution in [2.24, 2.45) is 0 Å². The van der Waals surface area contributed by atoms with E-state index in [0.717, 1.165) is 25.7 Å². The predicted octanol–water partition coefficient (Wildman–Crippen LogP) is 4.27. The molecule has 0 spiro atoms. The van der Waals surface area contributed by atoms with Crippen LogP contribution in [0.2, 0.25) is 0 Å². The molecule has 0 saturated carbocycles. The van der Waals surface area contributed by atoms with Gasteiger partial charge in [0.25, 0.3) is 0 Å². The molecule has 0 aromatic rings. The molecule has 0 aliphatic heterocycles. The molecule has 0 aromatic carbocycles. The standard InChI is InChI=1S/C21H42O6S.Na/c1-2-3-4-5-6-7-8-9-10-11-12-13-14-15-16-17-18-26-28(24,25)27-20-21(23)19-22;/h9-10,21-23H,2-8,11-20H2,1H3;. The van der Waals surface area contributed by atoms with Gasteiger partial charge in [-0.05, 0) is 32.1 Å². The van der Waals surface area contributed by atoms with E-state index in [1.807, 2.05) is 0 Å². The third-order valence-electron chi connectivity index (χ3n) is 4.50. The second-order valence-electron chi connectivity index (χ2n) is 7.29. The van der Waals surface area contributed by atoms with Gasteiger partial charge in [-0.15, -0.1) is 0 Å². The van der Waals surface area contributed by atoms with E-state index < -0.39 is 29.7 Å². The van der Waals surface area contributed by atoms with Crippen molar-refractivity contribution in [3.63, 3.8) is 0 Å². The van der Waals surface area contributed by atoms with Crippen LogP contribution in [0.3, 0.4) is 0 Å². The van der Waals surface area contributed by atoms with Crippen LogP contribution in [0.1, 0.15) is 96.8 Å². The first-order chi connectivity index (χ1) is 13.5. The number of allylic oxidation sites excluding steroid dienone is 2. The summed E-state index contributed by atoms with van der Waals surface area (Å²) in [6, 6.07) is 0. The second kappa shape index (κ2) is 23.2. The third-order valence-corrected chi connectivity index (χ3v) is 5.38. The minimum atomic E-state index is -4.09. The molecule has 0 aliphatic rings. The Morgan fingerprint density at radius 3 is 1.79 bits per heavy atom. The van der Waals surface area contributed by atoms with Gasteiger partial charge in [-0.1, -0.05) is 76.9 Å². The van der Waals surface area contributed by atoms with E-state index in [2.05, 4.69) is 23.3 Å². The largest absolute Gasteiger partial charge is 0.399 e. The van der Waals surface area contributed by atoms with Crippen molar-refractivity contribution >= 4 is 40.0 Å². The zero-order chi connectivity index (χ0) is 20.9. The van der Waals surface area contributed by atoms with Crippen LogP contribution in [0.4, 0.5) is 0 Å². The quantitative estimate of drug-likeness (QED) is 0.156. The zero-order valence-electron chi connectivity index (χ0n) is 18.7. The van der Waals surface area contributed by atoms with Gasteiger partial charge in [0.05, 0.1) is 19.8 Å². The Hall–Kier alpha value is 0.530. The molecule has 0 aromatic heterocycles. The van der Waals surface area contributed by atoms with Crippen molar-refractivity contribution in [1.82, 2.24) is 0 Å². The average Bonchev–Trinajstić information content (AvgIpc) is 2.68. The number of hydrogen-bond acceptors (Lipinski definition) is 6. The molecule has 169 valence electrons. The summed E-state index contributed by atoms with van der Waals surface area (Å²) in [5.74, 6) is 0. The normalized spacial score (nSPS) is 12.9. The van der Waals surface area contributed by atoms with Crippen LogP contribution in [-0.4, -0.2) is 74.1 Å². The van der Waals surface area contributed by atoms with E-state index in [0.29, 0.717) is 6.42 Å². The molecule has 0 rings (SSSR count). The van der Waals surface area contributed by atoms with Crippen LogP contribution in [0.5, 0.6) is 0 Å². The van der Waals surface area contributed by atoms with Gasteiger partial charge in [0.15, 0.2) is 0 Å². The number of aliphatic hydroxyl groups excluding tert-OH is 2. The van der Waals surface area contributed by atoms with Gasteiger partial charge in [0, 0.05) is 29.6 Å². The van der Waals surface area contributed by atoms with Crippen molar-refractivity contribution in [3.05, 3.63) is 12.2 Å². The smallest absolute Gasteiger partial charge is 0.394 e. The fourth-order valence-electron chi connectivity index (χ4n) is 2.76. The second-order valence-corrected chi connectivity index (χ2v) is 8.58. The van der Waals surface area contributed by atoms with Crippen molar-refractivity contribution in [2.45, 2.75) is 103 Å². The van der Waals surface area contributed by atoms with Crippen molar-refractivity contribution in [1.29, 1.82) is 0 Å². The Balaban J connectivity index is 0. The molecule has 1 atom stereocenters. The molecule has 2 N–H and O–H groups in total. The summed E-state index contributed by atoms with van der Waals surface area (Å²) in [5.41, 5.74) is 0. The first kappa shape index (κ1) is 31.7. The molecule has 0 bridgehead atoms. The van der Waals surface area contributed by atoms with Gasteiger partial charge in [-0.25, -0.2) is 8.37 Å². The molecule has 1 radical (unpaired) electrons. The van der Waals surface area contributed by atoms with Crippen molar-refractivity contribution in [3.8, 4) is 0 Å². The van der Waals surface area contributed by atoms with Crippen LogP contribution in [0, 0.1) is 0 Å². The Bertz CT molecular complexity index is 456. The third kappa shape index (κ3) is 24.7. The first-order valence-electron chi connectivity index (χ1n) is 11.0. The van der Waals surface area contributed by atoms with Crippen LogP contribution in [-0.2, 0) is 18.8 Å². The van der Waals surface area contributed by atoms with E-state index in [-0.39, 0.29) is 36.2 Å². The Kier molecular flexibility index (Phi) is 25.4. The van der Waals surface area contributed by atoms with Crippen molar-refractivity contribution < 1.29 is 27.0 Å². The molecule has 6 nitrogen and oxygen atoms in total. The summed E-state index contributed by atoms with van der Waals surface area (Å²) in [6.45, 7) is 1.28. The number of hydrogen-bond donors (Lipinski definition) is 2. The zero-order valence-corrected chi connectivity index (χ0v) is 21.5. The SMILES string of the molecule is CCCCCCCCC=CCCCCCCCCOS(=O)(=O)OCC(O)CO.[Na]. The topological polar surface area (TPSA) is 93.1 Å². The Morgan fingerprint density at radius 2 is 1.28 bits per heavy atom. The number of rotatable bonds is 21. The van der Waals surface area contributed by atoms with E-state index >= 15 is 0 Å². The van der Waals surface area contributed by atoms with Crippen LogP contribution < -0.4 is 0 Å². The molecule has 0 amide bonds. The monoisotopic (exact) mass is 445 g/mol. The van der Waals surface area contributed by atoms with Gasteiger partial charge in [-0.3, -0.25) is 0 Å². The van der Waals surface area contributed by atoms with Gasteiger partial charge in [0.2, 0.25) is 0 Å². The molecule has 1 unspecified atom stereocenters. The molecule has 0 heterocycles. The van der Waals surface area contributed by atoms with Gasteiger partial charge < -0.3 is 10.2 Å². The molecule has 0 saturated heterocycles. The molecular weight excluding hydrogens is 403 g/mol. The van der Waals surface area contributed by atoms with Crippen LogP contribution >= 0.6 is 0 Å². The molecule has 0 aliphatic carbocycles. The summed E-state index contributed by atoms with van der Waals surface area (Å²) >= 11 is 0. The minimum absolute atomic E-state index is 0. The maximum atomic E-state index is 11.4. The first-order valence-corrected chi connectivity index (χ1v) is 12.3. The van der Waals surface area contributed by atoms with Crippen LogP contribution in [0.25, 0.3) is 0 Å². The molecule has 8 heteroatoms. The fourth-order valence-corrected chi connectivity index (χ4v) is 3.47. The van der Waals surface area contributed by atoms with E-state index in [9.17, 15) is 8.42 Å². The summed E-state index contributed by atoms with van der Waals surface area (Å²) in [4.78, 5) is 0. The van der Waals surface area contributed by atoms with Gasteiger partial charge >= 0.3 is 10.4 Å². The van der Waals surface area contributed by atoms with Gasteiger partial charge in [0.1, 0.15) is 6.10 Å².